The van der Waals surface area contributed by atoms with Crippen LogP contribution in [0.3, 0.4) is 0 Å². The van der Waals surface area contributed by atoms with Gasteiger partial charge in [0, 0.05) is 16.4 Å². The molecule has 0 saturated heterocycles. The Hall–Kier alpha value is -1.84. The number of benzene rings is 2. The van der Waals surface area contributed by atoms with Crippen molar-refractivity contribution in [2.24, 2.45) is 0 Å². The number of hydrogen-bond acceptors (Lipinski definition) is 5. The van der Waals surface area contributed by atoms with Crippen molar-refractivity contribution in [2.75, 3.05) is 11.1 Å². The Morgan fingerprint density at radius 3 is 2.68 bits per heavy atom. The standard InChI is InChI=1S/C19H16Br2N4O2S/c1-2-7-28-19-23-18(27)15-11-5-3-4-6-14(11)22-17(25(15)24-19)10-8-12(20)16(26)13(21)9-10/h3-6,8-9,17H,2,7H2,1H3,(H2,23,24,26,27)/p+1/t17-/m0/s1. The summed E-state index contributed by atoms with van der Waals surface area (Å²) in [4.78, 5) is 15.9. The molecule has 0 spiro atoms. The zero-order valence-electron chi connectivity index (χ0n) is 14.9. The maximum atomic E-state index is 13.0. The minimum absolute atomic E-state index is 0.128. The molecule has 2 aromatic carbocycles. The average Bonchev–Trinajstić information content (AvgIpc) is 2.69. The molecule has 1 atom stereocenters. The number of nitrogens with one attached hydrogen (secondary N) is 2. The van der Waals surface area contributed by atoms with Gasteiger partial charge in [0.1, 0.15) is 5.75 Å². The van der Waals surface area contributed by atoms with Crippen LogP contribution in [0.25, 0.3) is 11.3 Å². The van der Waals surface area contributed by atoms with Crippen LogP contribution in [-0.4, -0.2) is 20.9 Å². The van der Waals surface area contributed by atoms with Crippen molar-refractivity contribution in [3.8, 4) is 17.0 Å². The number of aromatic hydroxyl groups is 1. The second-order valence-electron chi connectivity index (χ2n) is 6.33. The van der Waals surface area contributed by atoms with E-state index >= 15 is 0 Å². The van der Waals surface area contributed by atoms with Crippen molar-refractivity contribution in [2.45, 2.75) is 24.7 Å². The van der Waals surface area contributed by atoms with Gasteiger partial charge in [0.2, 0.25) is 5.16 Å². The number of thioether (sulfide) groups is 1. The molecular weight excluding hydrogens is 508 g/mol. The van der Waals surface area contributed by atoms with Crippen LogP contribution in [0.4, 0.5) is 5.69 Å². The molecule has 0 aliphatic carbocycles. The molecule has 0 unspecified atom stereocenters. The fourth-order valence-corrected chi connectivity index (χ4v) is 5.05. The Morgan fingerprint density at radius 2 is 1.96 bits per heavy atom. The number of aromatic amines is 1. The fraction of sp³-hybridized carbons (Fsp3) is 0.211. The highest BCUT2D eigenvalue weighted by molar-refractivity contribution is 9.11. The van der Waals surface area contributed by atoms with Crippen molar-refractivity contribution >= 4 is 49.3 Å². The third kappa shape index (κ3) is 3.46. The van der Waals surface area contributed by atoms with Gasteiger partial charge in [-0.1, -0.05) is 30.8 Å². The predicted molar refractivity (Wildman–Crippen MR) is 117 cm³/mol. The maximum Gasteiger partial charge on any atom is 0.325 e. The van der Waals surface area contributed by atoms with E-state index in [2.05, 4.69) is 49.1 Å². The number of fused-ring (bicyclic) bond motifs is 3. The van der Waals surface area contributed by atoms with Crippen molar-refractivity contribution in [1.82, 2.24) is 10.1 Å². The Balaban J connectivity index is 1.94. The Morgan fingerprint density at radius 1 is 1.25 bits per heavy atom. The van der Waals surface area contributed by atoms with E-state index in [-0.39, 0.29) is 11.3 Å². The second kappa shape index (κ2) is 7.88. The van der Waals surface area contributed by atoms with Crippen LogP contribution in [0.5, 0.6) is 5.75 Å². The predicted octanol–water partition coefficient (Wildman–Crippen LogP) is 4.43. The third-order valence-electron chi connectivity index (χ3n) is 4.38. The van der Waals surface area contributed by atoms with Crippen molar-refractivity contribution in [3.05, 3.63) is 61.3 Å². The van der Waals surface area contributed by atoms with Gasteiger partial charge >= 0.3 is 11.3 Å². The molecule has 1 aromatic heterocycles. The van der Waals surface area contributed by atoms with E-state index in [9.17, 15) is 9.90 Å². The first-order valence-corrected chi connectivity index (χ1v) is 11.3. The van der Waals surface area contributed by atoms with Crippen LogP contribution >= 0.6 is 43.6 Å². The van der Waals surface area contributed by atoms with Gasteiger partial charge in [-0.25, -0.2) is 0 Å². The lowest BCUT2D eigenvalue weighted by atomic mass is 10.0. The summed E-state index contributed by atoms with van der Waals surface area (Å²) in [5.41, 5.74) is 2.83. The van der Waals surface area contributed by atoms with Gasteiger partial charge in [0.25, 0.3) is 6.17 Å². The summed E-state index contributed by atoms with van der Waals surface area (Å²) >= 11 is 8.30. The van der Waals surface area contributed by atoms with Gasteiger partial charge in [0.15, 0.2) is 0 Å². The minimum atomic E-state index is -0.402. The summed E-state index contributed by atoms with van der Waals surface area (Å²) in [5, 5.41) is 18.8. The van der Waals surface area contributed by atoms with E-state index in [1.54, 1.807) is 4.68 Å². The molecule has 0 amide bonds. The molecule has 1 aliphatic rings. The lowest BCUT2D eigenvalue weighted by Crippen LogP contribution is -2.55. The largest absolute Gasteiger partial charge is 0.506 e. The number of phenolic OH excluding ortho intramolecular Hbond substituents is 1. The van der Waals surface area contributed by atoms with Gasteiger partial charge in [-0.05, 0) is 67.2 Å². The summed E-state index contributed by atoms with van der Waals surface area (Å²) in [6.07, 6.45) is 0.583. The number of anilines is 1. The zero-order chi connectivity index (χ0) is 19.8. The number of phenols is 1. The summed E-state index contributed by atoms with van der Waals surface area (Å²) in [7, 11) is 0. The summed E-state index contributed by atoms with van der Waals surface area (Å²) < 4.78 is 2.85. The molecular formula is C19H17Br2N4O2S+. The average molecular weight is 525 g/mol. The minimum Gasteiger partial charge on any atom is -0.506 e. The monoisotopic (exact) mass is 523 g/mol. The van der Waals surface area contributed by atoms with E-state index in [1.807, 2.05) is 36.4 Å². The highest BCUT2D eigenvalue weighted by atomic mass is 79.9. The third-order valence-corrected chi connectivity index (χ3v) is 6.66. The van der Waals surface area contributed by atoms with Gasteiger partial charge in [-0.3, -0.25) is 9.78 Å². The molecule has 0 fully saturated rings. The Kier molecular flexibility index (Phi) is 5.48. The summed E-state index contributed by atoms with van der Waals surface area (Å²) in [6, 6.07) is 11.3. The normalized spacial score (nSPS) is 14.9. The molecule has 6 nitrogen and oxygen atoms in total. The highest BCUT2D eigenvalue weighted by Gasteiger charge is 2.38. The van der Waals surface area contributed by atoms with E-state index in [4.69, 9.17) is 5.10 Å². The van der Waals surface area contributed by atoms with Crippen LogP contribution in [-0.2, 0) is 0 Å². The molecule has 1 aliphatic heterocycles. The number of halogens is 2. The number of nitrogens with zero attached hydrogens (tertiary/aromatic N) is 2. The molecule has 2 heterocycles. The lowest BCUT2D eigenvalue weighted by Gasteiger charge is -2.22. The number of H-pyrrole nitrogens is 1. The van der Waals surface area contributed by atoms with Crippen LogP contribution in [0, 0.1) is 0 Å². The Labute approximate surface area is 182 Å². The SMILES string of the molecule is CCCSc1n[n+]2c(c(=O)[nH]1)-c1ccccc1N[C@@H]2c1cc(Br)c(O)c(Br)c1. The lowest BCUT2D eigenvalue weighted by molar-refractivity contribution is -0.759. The summed E-state index contributed by atoms with van der Waals surface area (Å²) in [5.74, 6) is 0.996. The van der Waals surface area contributed by atoms with Gasteiger partial charge < -0.3 is 10.4 Å². The number of para-hydroxylation sites is 1. The Bertz CT molecular complexity index is 1100. The highest BCUT2D eigenvalue weighted by Crippen LogP contribution is 2.37. The van der Waals surface area contributed by atoms with Gasteiger partial charge in [-0.2, -0.15) is 0 Å². The van der Waals surface area contributed by atoms with E-state index < -0.39 is 6.17 Å². The van der Waals surface area contributed by atoms with Crippen molar-refractivity contribution in [3.63, 3.8) is 0 Å². The van der Waals surface area contributed by atoms with Crippen LogP contribution in [0.15, 0.2) is 55.3 Å². The van der Waals surface area contributed by atoms with E-state index in [0.717, 1.165) is 29.0 Å². The summed E-state index contributed by atoms with van der Waals surface area (Å²) in [6.45, 7) is 2.09. The second-order valence-corrected chi connectivity index (χ2v) is 9.12. The first-order chi connectivity index (χ1) is 13.5. The molecule has 28 heavy (non-hydrogen) atoms. The first kappa shape index (κ1) is 19.5. The van der Waals surface area contributed by atoms with E-state index in [0.29, 0.717) is 19.8 Å². The van der Waals surface area contributed by atoms with Gasteiger partial charge in [0.05, 0.1) is 20.2 Å². The smallest absolute Gasteiger partial charge is 0.325 e. The molecule has 0 saturated carbocycles. The number of aromatic nitrogens is 3. The number of rotatable bonds is 4. The van der Waals surface area contributed by atoms with Crippen molar-refractivity contribution in [1.29, 1.82) is 0 Å². The topological polar surface area (TPSA) is 81.9 Å². The molecule has 4 rings (SSSR count). The molecule has 144 valence electrons. The fourth-order valence-electron chi connectivity index (χ4n) is 3.12. The van der Waals surface area contributed by atoms with Crippen LogP contribution < -0.4 is 15.6 Å². The molecule has 3 N–H and O–H groups in total. The van der Waals surface area contributed by atoms with E-state index in [1.165, 1.54) is 11.8 Å². The zero-order valence-corrected chi connectivity index (χ0v) is 18.9. The quantitative estimate of drug-likeness (QED) is 0.347. The molecule has 9 heteroatoms. The molecule has 3 aromatic rings. The number of hydrogen-bond donors (Lipinski definition) is 3. The van der Waals surface area contributed by atoms with Gasteiger partial charge in [-0.15, -0.1) is 0 Å². The van der Waals surface area contributed by atoms with Crippen LogP contribution in [0.1, 0.15) is 25.1 Å². The molecule has 0 radical (unpaired) electrons. The van der Waals surface area contributed by atoms with Crippen LogP contribution in [0.2, 0.25) is 0 Å². The first-order valence-electron chi connectivity index (χ1n) is 8.72. The van der Waals surface area contributed by atoms with Crippen molar-refractivity contribution < 1.29 is 9.79 Å². The maximum absolute atomic E-state index is 13.0. The molecule has 0 bridgehead atoms.